The Morgan fingerprint density at radius 1 is 1.08 bits per heavy atom. The van der Waals surface area contributed by atoms with Crippen LogP contribution in [0.5, 0.6) is 11.5 Å². The van der Waals surface area contributed by atoms with E-state index in [0.29, 0.717) is 35.8 Å². The van der Waals surface area contributed by atoms with Crippen LogP contribution in [0.15, 0.2) is 67.3 Å². The van der Waals surface area contributed by atoms with E-state index in [9.17, 15) is 24.3 Å². The van der Waals surface area contributed by atoms with Crippen molar-refractivity contribution in [2.75, 3.05) is 26.7 Å². The molecule has 51 heavy (non-hydrogen) atoms. The van der Waals surface area contributed by atoms with E-state index in [4.69, 9.17) is 14.5 Å². The van der Waals surface area contributed by atoms with Gasteiger partial charge in [-0.2, -0.15) is 0 Å². The number of methoxy groups -OCH3 is 1. The van der Waals surface area contributed by atoms with Crippen LogP contribution in [0.3, 0.4) is 0 Å². The second-order valence-corrected chi connectivity index (χ2v) is 15.1. The molecule has 3 fully saturated rings. The monoisotopic (exact) mass is 696 g/mol. The highest BCUT2D eigenvalue weighted by Gasteiger charge is 2.61. The number of likely N-dealkylation sites (tertiary alicyclic amines) is 2. The number of carbonyl (C=O) groups is 4. The van der Waals surface area contributed by atoms with Crippen molar-refractivity contribution in [2.24, 2.45) is 17.3 Å². The fourth-order valence-electron chi connectivity index (χ4n) is 7.44. The summed E-state index contributed by atoms with van der Waals surface area (Å²) in [5, 5.41) is 13.6. The molecule has 11 heteroatoms. The zero-order valence-electron chi connectivity index (χ0n) is 29.9. The van der Waals surface area contributed by atoms with E-state index in [2.05, 4.69) is 11.9 Å². The molecule has 3 aliphatic rings. The molecule has 3 amide bonds. The number of hydrogen-bond donors (Lipinski definition) is 2. The molecule has 1 saturated carbocycles. The number of piperidine rings is 1. The predicted octanol–water partition coefficient (Wildman–Crippen LogP) is 5.47. The largest absolute Gasteiger partial charge is 0.497 e. The van der Waals surface area contributed by atoms with Gasteiger partial charge in [0.2, 0.25) is 17.7 Å². The number of nitrogens with one attached hydrogen (secondary N) is 1. The van der Waals surface area contributed by atoms with Crippen LogP contribution >= 0.6 is 0 Å². The van der Waals surface area contributed by atoms with Crippen molar-refractivity contribution < 1.29 is 33.8 Å². The Morgan fingerprint density at radius 3 is 2.43 bits per heavy atom. The third kappa shape index (κ3) is 7.43. The number of carboxylic acids is 1. The zero-order chi connectivity index (χ0) is 36.5. The smallest absolute Gasteiger partial charge is 0.330 e. The van der Waals surface area contributed by atoms with Gasteiger partial charge in [0.05, 0.1) is 30.8 Å². The molecule has 5 atom stereocenters. The molecule has 11 nitrogen and oxygen atoms in total. The number of ether oxygens (including phenoxy) is 2. The summed E-state index contributed by atoms with van der Waals surface area (Å²) in [5.74, 6) is -2.07. The summed E-state index contributed by atoms with van der Waals surface area (Å²) < 4.78 is 12.2. The van der Waals surface area contributed by atoms with Crippen LogP contribution in [0.4, 0.5) is 0 Å². The maximum absolute atomic E-state index is 14.6. The van der Waals surface area contributed by atoms with Crippen molar-refractivity contribution in [2.45, 2.75) is 77.0 Å². The highest BCUT2D eigenvalue weighted by Crippen LogP contribution is 2.45. The van der Waals surface area contributed by atoms with E-state index in [1.54, 1.807) is 7.11 Å². The topological polar surface area (TPSA) is 138 Å². The Kier molecular flexibility index (Phi) is 10.1. The van der Waals surface area contributed by atoms with Gasteiger partial charge in [0.1, 0.15) is 29.2 Å². The van der Waals surface area contributed by atoms with Gasteiger partial charge in [-0.15, -0.1) is 6.58 Å². The van der Waals surface area contributed by atoms with Crippen LogP contribution in [0.2, 0.25) is 0 Å². The third-order valence-electron chi connectivity index (χ3n) is 10.6. The average molecular weight is 697 g/mol. The maximum atomic E-state index is 14.6. The first-order chi connectivity index (χ1) is 24.3. The normalized spacial score (nSPS) is 23.7. The van der Waals surface area contributed by atoms with Gasteiger partial charge in [-0.25, -0.2) is 9.78 Å². The quantitative estimate of drug-likeness (QED) is 0.252. The average Bonchev–Trinajstić information content (AvgIpc) is 3.69. The maximum Gasteiger partial charge on any atom is 0.330 e. The third-order valence-corrected chi connectivity index (χ3v) is 10.6. The molecule has 1 aromatic heterocycles. The SMILES string of the molecule is C=C[C@H]1C[C@]1(NC(=O)[C@@H]1C[C@@H](Oc2cc(-c3ccccc3)nc3cc(OC)ccc23)CN1C(=O)[C@@H](CC(=O)N1CCCCC1)C(C)(C)C)C(=O)O. The Morgan fingerprint density at radius 2 is 1.80 bits per heavy atom. The molecule has 2 aromatic carbocycles. The zero-order valence-corrected chi connectivity index (χ0v) is 29.9. The van der Waals surface area contributed by atoms with E-state index in [-0.39, 0.29) is 37.6 Å². The standard InChI is InChI=1S/C40H48N4O7/c1-6-26-23-40(26,38(48)49)42-36(46)33-20-28(24-44(33)37(47)30(39(2,3)4)21-35(45)43-17-11-8-12-18-43)51-34-22-31(25-13-9-7-10-14-25)41-32-19-27(50-5)15-16-29(32)34/h6-7,9-10,13-16,19,22,26,28,30,33H,1,8,11-12,17-18,20-21,23-24H2,2-5H3,(H,42,46)(H,48,49)/t26-,28+,30+,33-,40+/m0/s1. The van der Waals surface area contributed by atoms with Crippen molar-refractivity contribution in [3.8, 4) is 22.8 Å². The lowest BCUT2D eigenvalue weighted by Crippen LogP contribution is -2.54. The summed E-state index contributed by atoms with van der Waals surface area (Å²) in [7, 11) is 1.59. The number of carboxylic acid groups (broad SMARTS) is 1. The molecule has 0 radical (unpaired) electrons. The first kappa shape index (κ1) is 35.9. The van der Waals surface area contributed by atoms with Crippen molar-refractivity contribution >= 4 is 34.6 Å². The van der Waals surface area contributed by atoms with E-state index in [1.807, 2.05) is 80.3 Å². The lowest BCUT2D eigenvalue weighted by molar-refractivity contribution is -0.149. The number of hydrogen-bond acceptors (Lipinski definition) is 7. The molecule has 2 N–H and O–H groups in total. The number of aromatic nitrogens is 1. The van der Waals surface area contributed by atoms with Gasteiger partial charge >= 0.3 is 5.97 Å². The van der Waals surface area contributed by atoms with Crippen LogP contribution in [0.1, 0.15) is 59.3 Å². The van der Waals surface area contributed by atoms with Gasteiger partial charge in [-0.3, -0.25) is 14.4 Å². The van der Waals surface area contributed by atoms with Crippen molar-refractivity contribution in [3.05, 3.63) is 67.3 Å². The molecule has 270 valence electrons. The molecule has 0 spiro atoms. The lowest BCUT2D eigenvalue weighted by Gasteiger charge is -2.36. The molecule has 2 saturated heterocycles. The molecular formula is C40H48N4O7. The summed E-state index contributed by atoms with van der Waals surface area (Å²) in [4.78, 5) is 62.8. The van der Waals surface area contributed by atoms with Crippen molar-refractivity contribution in [1.82, 2.24) is 20.1 Å². The fourth-order valence-corrected chi connectivity index (χ4v) is 7.44. The predicted molar refractivity (Wildman–Crippen MR) is 193 cm³/mol. The number of carbonyl (C=O) groups excluding carboxylic acids is 3. The number of benzene rings is 2. The summed E-state index contributed by atoms with van der Waals surface area (Å²) in [6, 6.07) is 16.1. The molecule has 6 rings (SSSR count). The Balaban J connectivity index is 1.33. The minimum Gasteiger partial charge on any atom is -0.497 e. The van der Waals surface area contributed by atoms with Gasteiger partial charge in [0.25, 0.3) is 0 Å². The number of nitrogens with zero attached hydrogens (tertiary/aromatic N) is 3. The van der Waals surface area contributed by atoms with Gasteiger partial charge in [-0.1, -0.05) is 57.2 Å². The molecular weight excluding hydrogens is 648 g/mol. The Labute approximate surface area is 299 Å². The van der Waals surface area contributed by atoms with Crippen molar-refractivity contribution in [1.29, 1.82) is 0 Å². The second-order valence-electron chi connectivity index (χ2n) is 15.1. The van der Waals surface area contributed by atoms with Crippen molar-refractivity contribution in [3.63, 3.8) is 0 Å². The number of aliphatic carboxylic acids is 1. The molecule has 2 aliphatic heterocycles. The van der Waals surface area contributed by atoms with Gasteiger partial charge < -0.3 is 29.7 Å². The van der Waals surface area contributed by atoms with Crippen LogP contribution in [-0.4, -0.2) is 88.0 Å². The molecule has 1 aliphatic carbocycles. The van der Waals surface area contributed by atoms with E-state index < -0.39 is 46.8 Å². The second kappa shape index (κ2) is 14.4. The first-order valence-electron chi connectivity index (χ1n) is 17.8. The fraction of sp³-hybridized carbons (Fsp3) is 0.475. The highest BCUT2D eigenvalue weighted by atomic mass is 16.5. The number of amides is 3. The van der Waals surface area contributed by atoms with Gasteiger partial charge in [0, 0.05) is 54.9 Å². The van der Waals surface area contributed by atoms with Gasteiger partial charge in [0.15, 0.2) is 0 Å². The van der Waals surface area contributed by atoms with E-state index >= 15 is 0 Å². The first-order valence-corrected chi connectivity index (χ1v) is 17.8. The van der Waals surface area contributed by atoms with Crippen LogP contribution in [-0.2, 0) is 19.2 Å². The summed E-state index contributed by atoms with van der Waals surface area (Å²) >= 11 is 0. The highest BCUT2D eigenvalue weighted by molar-refractivity contribution is 5.96. The minimum atomic E-state index is -1.47. The Bertz CT molecular complexity index is 1820. The van der Waals surface area contributed by atoms with Gasteiger partial charge in [-0.05, 0) is 43.2 Å². The van der Waals surface area contributed by atoms with Crippen LogP contribution in [0.25, 0.3) is 22.2 Å². The summed E-state index contributed by atoms with van der Waals surface area (Å²) in [5.41, 5.74) is 0.162. The molecule has 0 unspecified atom stereocenters. The molecule has 0 bridgehead atoms. The van der Waals surface area contributed by atoms with E-state index in [0.717, 1.165) is 30.2 Å². The van der Waals surface area contributed by atoms with Crippen LogP contribution < -0.4 is 14.8 Å². The molecule has 3 heterocycles. The van der Waals surface area contributed by atoms with Crippen LogP contribution in [0, 0.1) is 17.3 Å². The minimum absolute atomic E-state index is 0.0214. The number of rotatable bonds is 11. The Hall–Kier alpha value is -4.93. The van der Waals surface area contributed by atoms with E-state index in [1.165, 1.54) is 11.0 Å². The molecule has 3 aromatic rings. The lowest BCUT2D eigenvalue weighted by atomic mass is 9.77. The summed E-state index contributed by atoms with van der Waals surface area (Å²) in [6.45, 7) is 11.0. The number of fused-ring (bicyclic) bond motifs is 1. The summed E-state index contributed by atoms with van der Waals surface area (Å²) in [6.07, 6.45) is 4.25. The number of pyridine rings is 1.